The molecule has 1 aromatic rings. The van der Waals surface area contributed by atoms with Gasteiger partial charge in [-0.2, -0.15) is 0 Å². The number of unbranched alkanes of at least 4 members (excludes halogenated alkanes) is 1. The van der Waals surface area contributed by atoms with Gasteiger partial charge in [0, 0.05) is 56.2 Å². The highest BCUT2D eigenvalue weighted by Crippen LogP contribution is 2.34. The van der Waals surface area contributed by atoms with Crippen LogP contribution in [0.3, 0.4) is 0 Å². The van der Waals surface area contributed by atoms with Crippen LogP contribution in [0.1, 0.15) is 77.6 Å². The number of hydrogen-bond donors (Lipinski definition) is 8. The molecular weight excluding hydrogens is 560 g/mol. The maximum absolute atomic E-state index is 12.1. The first-order chi connectivity index (χ1) is 19.9. The zero-order valence-corrected chi connectivity index (χ0v) is 26.2. The molecule has 0 aromatic heterocycles. The van der Waals surface area contributed by atoms with Gasteiger partial charge in [-0.1, -0.05) is 27.2 Å². The highest BCUT2D eigenvalue weighted by molar-refractivity contribution is 5.94. The zero-order valence-electron chi connectivity index (χ0n) is 26.2. The molecule has 0 heterocycles. The molecule has 0 unspecified atom stereocenters. The Morgan fingerprint density at radius 1 is 0.837 bits per heavy atom. The summed E-state index contributed by atoms with van der Waals surface area (Å²) < 4.78 is 0. The second-order valence-electron chi connectivity index (χ2n) is 10.9. The molecule has 0 spiro atoms. The summed E-state index contributed by atoms with van der Waals surface area (Å²) >= 11 is 0. The van der Waals surface area contributed by atoms with E-state index in [-0.39, 0.29) is 37.7 Å². The van der Waals surface area contributed by atoms with E-state index in [9.17, 15) is 24.0 Å². The number of anilines is 1. The number of benzene rings is 1. The Morgan fingerprint density at radius 2 is 1.40 bits per heavy atom. The highest BCUT2D eigenvalue weighted by atomic mass is 16.4. The fourth-order valence-corrected chi connectivity index (χ4v) is 3.50. The molecule has 0 saturated carbocycles. The number of amides is 4. The molecule has 0 radical (unpaired) electrons. The van der Waals surface area contributed by atoms with Crippen LogP contribution in [-0.2, 0) is 24.0 Å². The van der Waals surface area contributed by atoms with E-state index in [1.165, 1.54) is 0 Å². The Hall–Kier alpha value is -4.20. The number of nitrogens with two attached hydrogens (primary N) is 2. The van der Waals surface area contributed by atoms with Gasteiger partial charge in [0.15, 0.2) is 0 Å². The monoisotopic (exact) mass is 610 g/mol. The number of hydrogen-bond acceptors (Lipinski definition) is 8. The third kappa shape index (κ3) is 21.2. The number of aliphatic carboxylic acids is 2. The summed E-state index contributed by atoms with van der Waals surface area (Å²) in [5.41, 5.74) is 10.1. The first-order valence-electron chi connectivity index (χ1n) is 14.0. The Morgan fingerprint density at radius 3 is 1.86 bits per heavy atom. The van der Waals surface area contributed by atoms with Crippen LogP contribution in [0.2, 0.25) is 0 Å². The Labute approximate surface area is 253 Å². The van der Waals surface area contributed by atoms with Gasteiger partial charge in [-0.25, -0.2) is 0 Å². The van der Waals surface area contributed by atoms with E-state index in [2.05, 4.69) is 28.2 Å². The van der Waals surface area contributed by atoms with Crippen LogP contribution < -0.4 is 32.7 Å². The van der Waals surface area contributed by atoms with E-state index in [1.807, 2.05) is 24.3 Å². The Bertz CT molecular complexity index is 1040. The highest BCUT2D eigenvalue weighted by Gasteiger charge is 2.38. The second-order valence-corrected chi connectivity index (χ2v) is 10.9. The van der Waals surface area contributed by atoms with E-state index in [1.54, 1.807) is 27.7 Å². The van der Waals surface area contributed by atoms with E-state index >= 15 is 0 Å². The molecule has 4 amide bonds. The molecule has 14 heteroatoms. The number of nitrogens with one attached hydrogen (secondary N) is 4. The second kappa shape index (κ2) is 21.5. The molecule has 244 valence electrons. The topological polar surface area (TPSA) is 243 Å². The smallest absolute Gasteiger partial charge is 0.309 e. The van der Waals surface area contributed by atoms with Gasteiger partial charge in [0.25, 0.3) is 11.9 Å². The van der Waals surface area contributed by atoms with Crippen molar-refractivity contribution in [1.82, 2.24) is 16.0 Å². The predicted octanol–water partition coefficient (Wildman–Crippen LogP) is 1.30. The zero-order chi connectivity index (χ0) is 33.6. The third-order valence-electron chi connectivity index (χ3n) is 5.61. The molecular formula is C29H50N6O8. The summed E-state index contributed by atoms with van der Waals surface area (Å²) in [6.07, 6.45) is 2.27. The van der Waals surface area contributed by atoms with Gasteiger partial charge >= 0.3 is 5.97 Å². The molecule has 0 fully saturated rings. The quantitative estimate of drug-likeness (QED) is 0.125. The van der Waals surface area contributed by atoms with Gasteiger partial charge in [-0.15, -0.1) is 0 Å². The first-order valence-corrected chi connectivity index (χ1v) is 14.0. The maximum atomic E-state index is 12.1. The molecule has 10 N–H and O–H groups in total. The van der Waals surface area contributed by atoms with Gasteiger partial charge in [-0.3, -0.25) is 28.8 Å². The van der Waals surface area contributed by atoms with Crippen LogP contribution in [0.15, 0.2) is 24.3 Å². The normalized spacial score (nSPS) is 10.5. The molecule has 0 aliphatic heterocycles. The van der Waals surface area contributed by atoms with Crippen LogP contribution in [0.5, 0.6) is 0 Å². The molecule has 0 saturated heterocycles. The molecule has 0 aliphatic carbocycles. The lowest BCUT2D eigenvalue weighted by Gasteiger charge is -2.31. The molecule has 43 heavy (non-hydrogen) atoms. The molecule has 14 nitrogen and oxygen atoms in total. The van der Waals surface area contributed by atoms with E-state index in [0.717, 1.165) is 38.5 Å². The Kier molecular flexibility index (Phi) is 20.5. The lowest BCUT2D eigenvalue weighted by molar-refractivity contribution is -0.150. The van der Waals surface area contributed by atoms with Crippen molar-refractivity contribution in [3.8, 4) is 0 Å². The van der Waals surface area contributed by atoms with Crippen LogP contribution in [-0.4, -0.2) is 78.5 Å². The minimum absolute atomic E-state index is 0.0103. The summed E-state index contributed by atoms with van der Waals surface area (Å²) in [6, 6.07) is 7.43. The van der Waals surface area contributed by atoms with Crippen molar-refractivity contribution in [3.05, 3.63) is 29.8 Å². The average Bonchev–Trinajstić information content (AvgIpc) is 2.90. The standard InChI is InChI=1S/C14H25N3O5.C13H21N3O.C2H4O2/c1-13(2,8-14(3,4)12(21)22)11(20)16-6-5-10(19)17-7-9(15)18;1-2-3-9-16-13(17)11-4-6-12(7-5-11)15-10-8-14;1-2(3)4/h5-8H2,1-4H3,(H2,15,18)(H,16,20)(H,17,19)(H,21,22);4-7,15H,2-3,8-10,14H2,1H3,(H,16,17);1H3,(H,3,4). The number of carboxylic acid groups (broad SMARTS) is 2. The summed E-state index contributed by atoms with van der Waals surface area (Å²) in [5.74, 6) is -3.19. The molecule has 1 aromatic carbocycles. The Balaban J connectivity index is 0. The van der Waals surface area contributed by atoms with Gasteiger partial charge in [0.2, 0.25) is 17.7 Å². The maximum Gasteiger partial charge on any atom is 0.309 e. The number of primary amides is 1. The van der Waals surface area contributed by atoms with Crippen molar-refractivity contribution in [2.75, 3.05) is 38.0 Å². The van der Waals surface area contributed by atoms with Crippen molar-refractivity contribution >= 4 is 41.3 Å². The minimum Gasteiger partial charge on any atom is -0.481 e. The first kappa shape index (κ1) is 40.9. The van der Waals surface area contributed by atoms with E-state index in [4.69, 9.17) is 26.5 Å². The van der Waals surface area contributed by atoms with Gasteiger partial charge < -0.3 is 42.9 Å². The van der Waals surface area contributed by atoms with Gasteiger partial charge in [0.05, 0.1) is 12.0 Å². The third-order valence-corrected chi connectivity index (χ3v) is 5.61. The number of carbonyl (C=O) groups excluding carboxylic acids is 4. The van der Waals surface area contributed by atoms with Crippen molar-refractivity contribution in [1.29, 1.82) is 0 Å². The van der Waals surface area contributed by atoms with E-state index < -0.39 is 34.6 Å². The molecule has 0 atom stereocenters. The number of rotatable bonds is 16. The fourth-order valence-electron chi connectivity index (χ4n) is 3.50. The van der Waals surface area contributed by atoms with Gasteiger partial charge in [-0.05, 0) is 51.0 Å². The SMILES string of the molecule is CC(=O)O.CC(C)(CC(C)(C)C(=O)NCCC(=O)NCC(N)=O)C(=O)O.CCCCNC(=O)c1ccc(NCCN)cc1. The summed E-state index contributed by atoms with van der Waals surface area (Å²) in [6.45, 7) is 11.5. The fraction of sp³-hybridized carbons (Fsp3) is 0.586. The summed E-state index contributed by atoms with van der Waals surface area (Å²) in [7, 11) is 0. The van der Waals surface area contributed by atoms with Crippen molar-refractivity contribution in [2.24, 2.45) is 22.3 Å². The van der Waals surface area contributed by atoms with Gasteiger partial charge in [0.1, 0.15) is 0 Å². The van der Waals surface area contributed by atoms with Crippen LogP contribution in [0.4, 0.5) is 5.69 Å². The number of carbonyl (C=O) groups is 6. The minimum atomic E-state index is -1.03. The van der Waals surface area contributed by atoms with E-state index in [0.29, 0.717) is 12.1 Å². The van der Waals surface area contributed by atoms with Crippen LogP contribution in [0, 0.1) is 10.8 Å². The molecule has 1 rings (SSSR count). The molecule has 0 bridgehead atoms. The largest absolute Gasteiger partial charge is 0.481 e. The van der Waals surface area contributed by atoms with Crippen LogP contribution >= 0.6 is 0 Å². The lowest BCUT2D eigenvalue weighted by atomic mass is 9.74. The number of carboxylic acids is 2. The van der Waals surface area contributed by atoms with Crippen molar-refractivity contribution in [3.63, 3.8) is 0 Å². The predicted molar refractivity (Wildman–Crippen MR) is 164 cm³/mol. The van der Waals surface area contributed by atoms with Crippen molar-refractivity contribution < 1.29 is 39.0 Å². The van der Waals surface area contributed by atoms with Crippen molar-refractivity contribution in [2.45, 2.75) is 67.2 Å². The van der Waals surface area contributed by atoms with Crippen LogP contribution in [0.25, 0.3) is 0 Å². The summed E-state index contributed by atoms with van der Waals surface area (Å²) in [4.78, 5) is 65.8. The summed E-state index contributed by atoms with van der Waals surface area (Å²) in [5, 5.41) is 27.5. The molecule has 0 aliphatic rings. The lowest BCUT2D eigenvalue weighted by Crippen LogP contribution is -2.43. The average molecular weight is 611 g/mol.